The van der Waals surface area contributed by atoms with Crippen LogP contribution in [0.4, 0.5) is 0 Å². The molecule has 0 heterocycles. The summed E-state index contributed by atoms with van der Waals surface area (Å²) in [4.78, 5) is 11.2. The molecule has 0 aliphatic heterocycles. The summed E-state index contributed by atoms with van der Waals surface area (Å²) in [6, 6.07) is 7.81. The molecule has 20 heavy (non-hydrogen) atoms. The number of esters is 1. The molecule has 0 aromatic heterocycles. The number of carbonyl (C=O) groups excluding carboxylic acids is 1. The van der Waals surface area contributed by atoms with Crippen molar-refractivity contribution in [3.8, 4) is 0 Å². The van der Waals surface area contributed by atoms with E-state index < -0.39 is 6.10 Å². The van der Waals surface area contributed by atoms with Gasteiger partial charge in [-0.1, -0.05) is 38.1 Å². The number of ether oxygens (including phenoxy) is 1. The van der Waals surface area contributed by atoms with Gasteiger partial charge in [0.15, 0.2) is 0 Å². The van der Waals surface area contributed by atoms with Crippen molar-refractivity contribution < 1.29 is 14.6 Å². The number of hydrogen-bond donors (Lipinski definition) is 2. The molecule has 0 amide bonds. The second kappa shape index (κ2) is 8.72. The molecule has 1 aromatic carbocycles. The first-order chi connectivity index (χ1) is 9.62. The zero-order valence-corrected chi connectivity index (χ0v) is 12.6. The van der Waals surface area contributed by atoms with Gasteiger partial charge in [0.2, 0.25) is 0 Å². The van der Waals surface area contributed by atoms with Crippen LogP contribution >= 0.6 is 0 Å². The normalized spacial score (nSPS) is 13.8. The Morgan fingerprint density at radius 3 is 2.45 bits per heavy atom. The quantitative estimate of drug-likeness (QED) is 0.716. The number of nitrogens with one attached hydrogen (secondary N) is 1. The highest BCUT2D eigenvalue weighted by Gasteiger charge is 2.21. The van der Waals surface area contributed by atoms with Crippen molar-refractivity contribution in [1.29, 1.82) is 0 Å². The van der Waals surface area contributed by atoms with Crippen LogP contribution in [0, 0.1) is 0 Å². The van der Waals surface area contributed by atoms with E-state index in [1.54, 1.807) is 0 Å². The molecule has 0 spiro atoms. The molecule has 0 aliphatic carbocycles. The lowest BCUT2D eigenvalue weighted by Gasteiger charge is -2.24. The molecule has 4 heteroatoms. The van der Waals surface area contributed by atoms with Crippen molar-refractivity contribution in [3.63, 3.8) is 0 Å². The molecule has 112 valence electrons. The van der Waals surface area contributed by atoms with E-state index in [4.69, 9.17) is 0 Å². The maximum Gasteiger partial charge on any atom is 0.305 e. The van der Waals surface area contributed by atoms with Gasteiger partial charge in [-0.2, -0.15) is 0 Å². The average molecular weight is 279 g/mol. The smallest absolute Gasteiger partial charge is 0.305 e. The lowest BCUT2D eigenvalue weighted by atomic mass is 9.97. The summed E-state index contributed by atoms with van der Waals surface area (Å²) in [6.07, 6.45) is 1.22. The Kier molecular flexibility index (Phi) is 7.26. The van der Waals surface area contributed by atoms with E-state index in [1.807, 2.05) is 31.2 Å². The minimum Gasteiger partial charge on any atom is -0.469 e. The van der Waals surface area contributed by atoms with Gasteiger partial charge in [-0.25, -0.2) is 0 Å². The first kappa shape index (κ1) is 16.7. The van der Waals surface area contributed by atoms with Gasteiger partial charge >= 0.3 is 5.97 Å². The third-order valence-corrected chi connectivity index (χ3v) is 3.46. The van der Waals surface area contributed by atoms with Gasteiger partial charge in [0.05, 0.1) is 13.2 Å². The molecule has 0 saturated carbocycles. The molecule has 0 aliphatic rings. The van der Waals surface area contributed by atoms with Gasteiger partial charge in [-0.05, 0) is 30.5 Å². The maximum absolute atomic E-state index is 11.2. The van der Waals surface area contributed by atoms with E-state index in [9.17, 15) is 9.90 Å². The SMILES string of the molecule is CCNC(CCC(=O)OC)C(O)c1ccc(CC)cc1. The van der Waals surface area contributed by atoms with Crippen LogP contribution < -0.4 is 5.32 Å². The van der Waals surface area contributed by atoms with Crippen LogP contribution in [0.5, 0.6) is 0 Å². The van der Waals surface area contributed by atoms with Crippen molar-refractivity contribution in [2.24, 2.45) is 0 Å². The second-order valence-electron chi connectivity index (χ2n) is 4.82. The molecule has 0 fully saturated rings. The predicted molar refractivity (Wildman–Crippen MR) is 79.5 cm³/mol. The Morgan fingerprint density at radius 1 is 1.30 bits per heavy atom. The highest BCUT2D eigenvalue weighted by Crippen LogP contribution is 2.21. The molecular formula is C16H25NO3. The highest BCUT2D eigenvalue weighted by molar-refractivity contribution is 5.69. The van der Waals surface area contributed by atoms with Gasteiger partial charge in [-0.3, -0.25) is 4.79 Å². The minimum atomic E-state index is -0.620. The minimum absolute atomic E-state index is 0.147. The van der Waals surface area contributed by atoms with Crippen molar-refractivity contribution in [3.05, 3.63) is 35.4 Å². The van der Waals surface area contributed by atoms with E-state index in [0.29, 0.717) is 12.8 Å². The average Bonchev–Trinajstić information content (AvgIpc) is 2.50. The number of aliphatic hydroxyl groups excluding tert-OH is 1. The third kappa shape index (κ3) is 4.94. The van der Waals surface area contributed by atoms with Crippen molar-refractivity contribution in [2.75, 3.05) is 13.7 Å². The first-order valence-corrected chi connectivity index (χ1v) is 7.19. The Balaban J connectivity index is 2.70. The number of rotatable bonds is 8. The van der Waals surface area contributed by atoms with Crippen LogP contribution in [-0.2, 0) is 16.0 Å². The number of aliphatic hydroxyl groups is 1. The summed E-state index contributed by atoms with van der Waals surface area (Å²) in [6.45, 7) is 4.83. The summed E-state index contributed by atoms with van der Waals surface area (Å²) in [5.41, 5.74) is 2.12. The zero-order chi connectivity index (χ0) is 15.0. The molecule has 0 bridgehead atoms. The standard InChI is InChI=1S/C16H25NO3/c1-4-12-6-8-13(9-7-12)16(19)14(17-5-2)10-11-15(18)20-3/h6-9,14,16-17,19H,4-5,10-11H2,1-3H3. The van der Waals surface area contributed by atoms with Crippen molar-refractivity contribution in [1.82, 2.24) is 5.32 Å². The van der Waals surface area contributed by atoms with E-state index in [2.05, 4.69) is 17.0 Å². The molecule has 1 aromatic rings. The molecule has 0 radical (unpaired) electrons. The fraction of sp³-hybridized carbons (Fsp3) is 0.562. The van der Waals surface area contributed by atoms with E-state index in [1.165, 1.54) is 12.7 Å². The highest BCUT2D eigenvalue weighted by atomic mass is 16.5. The number of hydrogen-bond acceptors (Lipinski definition) is 4. The predicted octanol–water partition coefficient (Wildman–Crippen LogP) is 2.21. The van der Waals surface area contributed by atoms with Crippen molar-refractivity contribution >= 4 is 5.97 Å². The number of benzene rings is 1. The summed E-state index contributed by atoms with van der Waals surface area (Å²) in [5.74, 6) is -0.249. The summed E-state index contributed by atoms with van der Waals surface area (Å²) >= 11 is 0. The molecule has 1 rings (SSSR count). The Hall–Kier alpha value is -1.39. The molecule has 2 atom stereocenters. The van der Waals surface area contributed by atoms with Gasteiger partial charge in [-0.15, -0.1) is 0 Å². The molecule has 0 saturated heterocycles. The molecule has 4 nitrogen and oxygen atoms in total. The van der Waals surface area contributed by atoms with Gasteiger partial charge in [0.25, 0.3) is 0 Å². The lowest BCUT2D eigenvalue weighted by molar-refractivity contribution is -0.141. The van der Waals surface area contributed by atoms with Gasteiger partial charge < -0.3 is 15.2 Å². The summed E-state index contributed by atoms with van der Waals surface area (Å²) in [7, 11) is 1.38. The third-order valence-electron chi connectivity index (χ3n) is 3.46. The Labute approximate surface area is 121 Å². The largest absolute Gasteiger partial charge is 0.469 e. The zero-order valence-electron chi connectivity index (χ0n) is 12.6. The van der Waals surface area contributed by atoms with Crippen LogP contribution in [0.15, 0.2) is 24.3 Å². The van der Waals surface area contributed by atoms with Crippen molar-refractivity contribution in [2.45, 2.75) is 45.3 Å². The summed E-state index contributed by atoms with van der Waals surface area (Å²) in [5, 5.41) is 13.7. The Morgan fingerprint density at radius 2 is 1.95 bits per heavy atom. The van der Waals surface area contributed by atoms with Crippen LogP contribution in [0.25, 0.3) is 0 Å². The monoisotopic (exact) mass is 279 g/mol. The topological polar surface area (TPSA) is 58.6 Å². The number of carbonyl (C=O) groups is 1. The van der Waals surface area contributed by atoms with E-state index >= 15 is 0 Å². The maximum atomic E-state index is 11.2. The lowest BCUT2D eigenvalue weighted by Crippen LogP contribution is -2.35. The fourth-order valence-electron chi connectivity index (χ4n) is 2.19. The van der Waals surface area contributed by atoms with E-state index in [0.717, 1.165) is 18.5 Å². The van der Waals surface area contributed by atoms with Crippen LogP contribution in [0.3, 0.4) is 0 Å². The number of methoxy groups -OCH3 is 1. The fourth-order valence-corrected chi connectivity index (χ4v) is 2.19. The number of likely N-dealkylation sites (N-methyl/N-ethyl adjacent to an activating group) is 1. The molecular weight excluding hydrogens is 254 g/mol. The molecule has 2 N–H and O–H groups in total. The van der Waals surface area contributed by atoms with Gasteiger partial charge in [0.1, 0.15) is 0 Å². The first-order valence-electron chi connectivity index (χ1n) is 7.19. The van der Waals surface area contributed by atoms with Crippen LogP contribution in [0.1, 0.15) is 43.9 Å². The van der Waals surface area contributed by atoms with E-state index in [-0.39, 0.29) is 12.0 Å². The van der Waals surface area contributed by atoms with Crippen LogP contribution in [0.2, 0.25) is 0 Å². The second-order valence-corrected chi connectivity index (χ2v) is 4.82. The Bertz CT molecular complexity index is 403. The van der Waals surface area contributed by atoms with Gasteiger partial charge in [0, 0.05) is 12.5 Å². The molecule has 2 unspecified atom stereocenters. The van der Waals surface area contributed by atoms with Crippen LogP contribution in [-0.4, -0.2) is 30.8 Å². The number of aryl methyl sites for hydroxylation is 1. The summed E-state index contributed by atoms with van der Waals surface area (Å²) < 4.78 is 4.65.